The van der Waals surface area contributed by atoms with E-state index in [-0.39, 0.29) is 11.9 Å². The number of rotatable bonds is 6. The molecule has 0 aromatic heterocycles. The van der Waals surface area contributed by atoms with Crippen LogP contribution >= 0.6 is 0 Å². The number of hydrogen-bond donors (Lipinski definition) is 2. The zero-order valence-electron chi connectivity index (χ0n) is 12.1. The quantitative estimate of drug-likeness (QED) is 0.750. The lowest BCUT2D eigenvalue weighted by Gasteiger charge is -2.39. The lowest BCUT2D eigenvalue weighted by Crippen LogP contribution is -2.49. The summed E-state index contributed by atoms with van der Waals surface area (Å²) in [7, 11) is 0. The van der Waals surface area contributed by atoms with Crippen LogP contribution < -0.4 is 11.1 Å². The second kappa shape index (κ2) is 7.74. The predicted octanol–water partition coefficient (Wildman–Crippen LogP) is 1.21. The molecule has 3 unspecified atom stereocenters. The summed E-state index contributed by atoms with van der Waals surface area (Å²) in [6.07, 6.45) is 2.74. The molecule has 4 nitrogen and oxygen atoms in total. The Balaban J connectivity index is 2.43. The van der Waals surface area contributed by atoms with Crippen LogP contribution in [0.4, 0.5) is 0 Å². The SMILES string of the molecule is CCCNC(=O)CC(CN)N1CCC(C)C(C)C1. The van der Waals surface area contributed by atoms with Gasteiger partial charge in [0.2, 0.25) is 5.91 Å². The second-order valence-corrected chi connectivity index (χ2v) is 5.68. The zero-order valence-corrected chi connectivity index (χ0v) is 12.1. The summed E-state index contributed by atoms with van der Waals surface area (Å²) >= 11 is 0. The number of nitrogens with one attached hydrogen (secondary N) is 1. The molecule has 1 heterocycles. The molecule has 1 amide bonds. The number of carbonyl (C=O) groups excluding carboxylic acids is 1. The molecule has 0 aromatic rings. The van der Waals surface area contributed by atoms with Crippen molar-refractivity contribution in [3.8, 4) is 0 Å². The minimum Gasteiger partial charge on any atom is -0.356 e. The van der Waals surface area contributed by atoms with E-state index in [1.165, 1.54) is 6.42 Å². The molecule has 0 radical (unpaired) electrons. The lowest BCUT2D eigenvalue weighted by molar-refractivity contribution is -0.122. The zero-order chi connectivity index (χ0) is 13.5. The van der Waals surface area contributed by atoms with Crippen LogP contribution in [0.25, 0.3) is 0 Å². The highest BCUT2D eigenvalue weighted by Crippen LogP contribution is 2.24. The Morgan fingerprint density at radius 1 is 1.44 bits per heavy atom. The van der Waals surface area contributed by atoms with E-state index in [9.17, 15) is 4.79 Å². The first kappa shape index (κ1) is 15.4. The second-order valence-electron chi connectivity index (χ2n) is 5.68. The summed E-state index contributed by atoms with van der Waals surface area (Å²) in [5.74, 6) is 1.62. The molecular formula is C14H29N3O. The Hall–Kier alpha value is -0.610. The van der Waals surface area contributed by atoms with E-state index < -0.39 is 0 Å². The van der Waals surface area contributed by atoms with Crippen LogP contribution in [0.15, 0.2) is 0 Å². The Morgan fingerprint density at radius 3 is 2.72 bits per heavy atom. The Bertz CT molecular complexity index is 257. The fourth-order valence-corrected chi connectivity index (χ4v) is 2.54. The number of nitrogens with zero attached hydrogens (tertiary/aromatic N) is 1. The Labute approximate surface area is 111 Å². The highest BCUT2D eigenvalue weighted by Gasteiger charge is 2.28. The van der Waals surface area contributed by atoms with E-state index in [1.807, 2.05) is 0 Å². The van der Waals surface area contributed by atoms with Crippen molar-refractivity contribution in [2.45, 2.75) is 46.1 Å². The van der Waals surface area contributed by atoms with Gasteiger partial charge in [-0.3, -0.25) is 9.69 Å². The molecule has 0 bridgehead atoms. The molecule has 3 atom stereocenters. The average molecular weight is 255 g/mol. The molecule has 0 saturated carbocycles. The summed E-state index contributed by atoms with van der Waals surface area (Å²) in [5, 5.41) is 2.94. The Morgan fingerprint density at radius 2 is 2.17 bits per heavy atom. The van der Waals surface area contributed by atoms with E-state index >= 15 is 0 Å². The number of amides is 1. The van der Waals surface area contributed by atoms with Gasteiger partial charge in [-0.25, -0.2) is 0 Å². The fraction of sp³-hybridized carbons (Fsp3) is 0.929. The number of hydrogen-bond acceptors (Lipinski definition) is 3. The normalized spacial score (nSPS) is 26.9. The van der Waals surface area contributed by atoms with Gasteiger partial charge in [-0.2, -0.15) is 0 Å². The van der Waals surface area contributed by atoms with Crippen LogP contribution in [-0.4, -0.2) is 43.0 Å². The largest absolute Gasteiger partial charge is 0.356 e. The number of nitrogens with two attached hydrogens (primary N) is 1. The van der Waals surface area contributed by atoms with Gasteiger partial charge in [-0.1, -0.05) is 20.8 Å². The van der Waals surface area contributed by atoms with Crippen molar-refractivity contribution >= 4 is 5.91 Å². The van der Waals surface area contributed by atoms with Gasteiger partial charge in [0.15, 0.2) is 0 Å². The van der Waals surface area contributed by atoms with Crippen LogP contribution in [0, 0.1) is 11.8 Å². The third-order valence-electron chi connectivity index (χ3n) is 4.15. The van der Waals surface area contributed by atoms with Crippen LogP contribution in [0.5, 0.6) is 0 Å². The van der Waals surface area contributed by atoms with Crippen LogP contribution in [0.3, 0.4) is 0 Å². The monoisotopic (exact) mass is 255 g/mol. The molecule has 18 heavy (non-hydrogen) atoms. The van der Waals surface area contributed by atoms with E-state index in [0.29, 0.717) is 18.9 Å². The summed E-state index contributed by atoms with van der Waals surface area (Å²) in [6, 6.07) is 0.205. The third-order valence-corrected chi connectivity index (χ3v) is 4.15. The fourth-order valence-electron chi connectivity index (χ4n) is 2.54. The van der Waals surface area contributed by atoms with Gasteiger partial charge >= 0.3 is 0 Å². The van der Waals surface area contributed by atoms with Crippen LogP contribution in [0.2, 0.25) is 0 Å². The molecule has 3 N–H and O–H groups in total. The van der Waals surface area contributed by atoms with E-state index in [4.69, 9.17) is 5.73 Å². The van der Waals surface area contributed by atoms with Crippen molar-refractivity contribution in [1.82, 2.24) is 10.2 Å². The van der Waals surface area contributed by atoms with E-state index in [0.717, 1.165) is 32.0 Å². The molecule has 0 aromatic carbocycles. The first-order valence-corrected chi connectivity index (χ1v) is 7.29. The van der Waals surface area contributed by atoms with Crippen LogP contribution in [0.1, 0.15) is 40.0 Å². The highest BCUT2D eigenvalue weighted by molar-refractivity contribution is 5.76. The van der Waals surface area contributed by atoms with Crippen LogP contribution in [-0.2, 0) is 4.79 Å². The van der Waals surface area contributed by atoms with Gasteiger partial charge in [0, 0.05) is 32.1 Å². The van der Waals surface area contributed by atoms with E-state index in [1.54, 1.807) is 0 Å². The van der Waals surface area contributed by atoms with Gasteiger partial charge in [-0.15, -0.1) is 0 Å². The van der Waals surface area contributed by atoms with Crippen molar-refractivity contribution in [1.29, 1.82) is 0 Å². The van der Waals surface area contributed by atoms with Crippen molar-refractivity contribution in [2.24, 2.45) is 17.6 Å². The maximum Gasteiger partial charge on any atom is 0.221 e. The van der Waals surface area contributed by atoms with Crippen molar-refractivity contribution in [3.05, 3.63) is 0 Å². The topological polar surface area (TPSA) is 58.4 Å². The minimum absolute atomic E-state index is 0.138. The van der Waals surface area contributed by atoms with Gasteiger partial charge in [-0.05, 0) is 31.2 Å². The smallest absolute Gasteiger partial charge is 0.221 e. The molecule has 1 aliphatic rings. The first-order chi connectivity index (χ1) is 8.58. The third kappa shape index (κ3) is 4.58. The highest BCUT2D eigenvalue weighted by atomic mass is 16.1. The van der Waals surface area contributed by atoms with Gasteiger partial charge in [0.1, 0.15) is 0 Å². The van der Waals surface area contributed by atoms with Gasteiger partial charge < -0.3 is 11.1 Å². The minimum atomic E-state index is 0.138. The van der Waals surface area contributed by atoms with Gasteiger partial charge in [0.05, 0.1) is 0 Å². The van der Waals surface area contributed by atoms with Crippen molar-refractivity contribution < 1.29 is 4.79 Å². The lowest BCUT2D eigenvalue weighted by atomic mass is 9.87. The Kier molecular flexibility index (Phi) is 6.65. The number of carbonyl (C=O) groups is 1. The molecule has 1 saturated heterocycles. The summed E-state index contributed by atoms with van der Waals surface area (Å²) < 4.78 is 0. The molecule has 0 spiro atoms. The molecule has 0 aliphatic carbocycles. The standard InChI is InChI=1S/C14H29N3O/c1-4-6-16-14(18)8-13(9-15)17-7-5-11(2)12(3)10-17/h11-13H,4-10,15H2,1-3H3,(H,16,18). The molecule has 106 valence electrons. The molecule has 1 aliphatic heterocycles. The summed E-state index contributed by atoms with van der Waals surface area (Å²) in [6.45, 7) is 10.2. The van der Waals surface area contributed by atoms with Crippen molar-refractivity contribution in [2.75, 3.05) is 26.2 Å². The first-order valence-electron chi connectivity index (χ1n) is 7.29. The molecule has 4 heteroatoms. The number of likely N-dealkylation sites (tertiary alicyclic amines) is 1. The maximum atomic E-state index is 11.8. The number of piperidine rings is 1. The van der Waals surface area contributed by atoms with Crippen molar-refractivity contribution in [3.63, 3.8) is 0 Å². The molecule has 1 rings (SSSR count). The van der Waals surface area contributed by atoms with Gasteiger partial charge in [0.25, 0.3) is 0 Å². The average Bonchev–Trinajstić information content (AvgIpc) is 2.37. The summed E-state index contributed by atoms with van der Waals surface area (Å²) in [4.78, 5) is 14.2. The maximum absolute atomic E-state index is 11.8. The summed E-state index contributed by atoms with van der Waals surface area (Å²) in [5.41, 5.74) is 5.84. The molecular weight excluding hydrogens is 226 g/mol. The molecule has 1 fully saturated rings. The predicted molar refractivity (Wildman–Crippen MR) is 75.3 cm³/mol. The van der Waals surface area contributed by atoms with E-state index in [2.05, 4.69) is 31.0 Å².